The van der Waals surface area contributed by atoms with E-state index in [4.69, 9.17) is 0 Å². The van der Waals surface area contributed by atoms with E-state index < -0.39 is 10.0 Å². The lowest BCUT2D eigenvalue weighted by Crippen LogP contribution is -2.30. The van der Waals surface area contributed by atoms with Gasteiger partial charge >= 0.3 is 0 Å². The van der Waals surface area contributed by atoms with E-state index in [1.807, 2.05) is 0 Å². The van der Waals surface area contributed by atoms with Crippen LogP contribution in [0, 0.1) is 0 Å². The lowest BCUT2D eigenvalue weighted by Gasteiger charge is -2.14. The molecule has 4 rings (SSSR count). The summed E-state index contributed by atoms with van der Waals surface area (Å²) in [6.07, 6.45) is 4.44. The number of hydrogen-bond donors (Lipinski definition) is 2. The molecule has 32 heavy (non-hydrogen) atoms. The number of benzene rings is 2. The topological polar surface area (TPSA) is 125 Å². The minimum atomic E-state index is -3.77. The van der Waals surface area contributed by atoms with Gasteiger partial charge in [0.15, 0.2) is 0 Å². The Kier molecular flexibility index (Phi) is 6.37. The zero-order chi connectivity index (χ0) is 22.6. The Morgan fingerprint density at radius 2 is 1.78 bits per heavy atom. The summed E-state index contributed by atoms with van der Waals surface area (Å²) in [6, 6.07) is 14.1. The van der Waals surface area contributed by atoms with Gasteiger partial charge in [-0.05, 0) is 54.6 Å². The number of nitrogens with zero attached hydrogens (tertiary/aromatic N) is 4. The average molecular weight is 470 g/mol. The van der Waals surface area contributed by atoms with Crippen molar-refractivity contribution in [2.45, 2.75) is 15.8 Å². The first-order valence-corrected chi connectivity index (χ1v) is 12.0. The van der Waals surface area contributed by atoms with Gasteiger partial charge in [0, 0.05) is 28.6 Å². The molecule has 9 nitrogen and oxygen atoms in total. The molecular weight excluding hydrogens is 450 g/mol. The summed E-state index contributed by atoms with van der Waals surface area (Å²) in [5.74, 6) is 0.578. The molecule has 2 heterocycles. The molecule has 0 saturated heterocycles. The van der Waals surface area contributed by atoms with Crippen molar-refractivity contribution in [3.8, 4) is 5.75 Å². The molecule has 1 aliphatic heterocycles. The molecule has 1 aromatic heterocycles. The molecule has 1 aliphatic rings. The van der Waals surface area contributed by atoms with Crippen molar-refractivity contribution in [2.24, 2.45) is 4.99 Å². The lowest BCUT2D eigenvalue weighted by atomic mass is 10.2. The number of sulfonamides is 1. The van der Waals surface area contributed by atoms with Crippen molar-refractivity contribution in [1.82, 2.24) is 14.9 Å². The molecule has 11 heteroatoms. The SMILES string of the molecule is O=C(c1ccc(O)cc1)N1C=NC(CSc2ccc(S(=O)(=O)Nc3ncccn3)cc2)C1. The van der Waals surface area contributed by atoms with Gasteiger partial charge in [-0.25, -0.2) is 23.1 Å². The normalized spacial score (nSPS) is 15.6. The van der Waals surface area contributed by atoms with Crippen LogP contribution in [-0.4, -0.2) is 59.0 Å². The van der Waals surface area contributed by atoms with Crippen molar-refractivity contribution in [2.75, 3.05) is 17.0 Å². The highest BCUT2D eigenvalue weighted by atomic mass is 32.2. The van der Waals surface area contributed by atoms with E-state index in [2.05, 4.69) is 19.7 Å². The monoisotopic (exact) mass is 469 g/mol. The van der Waals surface area contributed by atoms with E-state index in [1.165, 1.54) is 54.8 Å². The van der Waals surface area contributed by atoms with E-state index in [9.17, 15) is 18.3 Å². The van der Waals surface area contributed by atoms with Crippen LogP contribution < -0.4 is 4.72 Å². The van der Waals surface area contributed by atoms with Crippen molar-refractivity contribution in [1.29, 1.82) is 0 Å². The molecule has 0 fully saturated rings. The van der Waals surface area contributed by atoms with Crippen molar-refractivity contribution in [3.05, 3.63) is 72.6 Å². The molecule has 1 amide bonds. The number of amides is 1. The zero-order valence-electron chi connectivity index (χ0n) is 16.7. The van der Waals surface area contributed by atoms with Gasteiger partial charge in [0.25, 0.3) is 15.9 Å². The molecule has 164 valence electrons. The second-order valence-electron chi connectivity index (χ2n) is 6.88. The third-order valence-electron chi connectivity index (χ3n) is 4.57. The number of hydrogen-bond acceptors (Lipinski definition) is 8. The maximum Gasteiger partial charge on any atom is 0.264 e. The number of carbonyl (C=O) groups is 1. The number of carbonyl (C=O) groups excluding carboxylic acids is 1. The van der Waals surface area contributed by atoms with Gasteiger partial charge in [0.05, 0.1) is 23.8 Å². The summed E-state index contributed by atoms with van der Waals surface area (Å²) in [5, 5.41) is 9.36. The number of rotatable bonds is 7. The molecule has 0 spiro atoms. The van der Waals surface area contributed by atoms with Gasteiger partial charge in [-0.1, -0.05) is 0 Å². The lowest BCUT2D eigenvalue weighted by molar-refractivity contribution is 0.0858. The van der Waals surface area contributed by atoms with Crippen LogP contribution in [0.1, 0.15) is 10.4 Å². The Balaban J connectivity index is 1.31. The first-order valence-electron chi connectivity index (χ1n) is 9.57. The largest absolute Gasteiger partial charge is 0.508 e. The summed E-state index contributed by atoms with van der Waals surface area (Å²) >= 11 is 1.53. The molecule has 0 aliphatic carbocycles. The summed E-state index contributed by atoms with van der Waals surface area (Å²) in [7, 11) is -3.77. The molecular formula is C21H19N5O4S2. The molecule has 2 aromatic carbocycles. The number of phenols is 1. The van der Waals surface area contributed by atoms with Gasteiger partial charge in [-0.2, -0.15) is 0 Å². The Hall–Kier alpha value is -3.44. The van der Waals surface area contributed by atoms with Crippen molar-refractivity contribution < 1.29 is 18.3 Å². The molecule has 1 atom stereocenters. The number of anilines is 1. The van der Waals surface area contributed by atoms with E-state index >= 15 is 0 Å². The number of aliphatic imine (C=N–C) groups is 1. The Morgan fingerprint density at radius 3 is 2.47 bits per heavy atom. The second-order valence-corrected chi connectivity index (χ2v) is 9.66. The quantitative estimate of drug-likeness (QED) is 0.510. The number of aromatic nitrogens is 2. The van der Waals surface area contributed by atoms with Crippen LogP contribution in [0.25, 0.3) is 0 Å². The molecule has 0 bridgehead atoms. The van der Waals surface area contributed by atoms with Crippen LogP contribution >= 0.6 is 11.8 Å². The highest BCUT2D eigenvalue weighted by Gasteiger charge is 2.24. The van der Waals surface area contributed by atoms with Crippen LogP contribution in [-0.2, 0) is 10.0 Å². The maximum absolute atomic E-state index is 12.5. The fourth-order valence-electron chi connectivity index (χ4n) is 2.94. The molecule has 3 aromatic rings. The van der Waals surface area contributed by atoms with Crippen LogP contribution in [0.3, 0.4) is 0 Å². The van der Waals surface area contributed by atoms with Gasteiger partial charge < -0.3 is 5.11 Å². The first kappa shape index (κ1) is 21.8. The van der Waals surface area contributed by atoms with E-state index in [-0.39, 0.29) is 28.5 Å². The van der Waals surface area contributed by atoms with E-state index in [0.29, 0.717) is 17.9 Å². The highest BCUT2D eigenvalue weighted by Crippen LogP contribution is 2.24. The summed E-state index contributed by atoms with van der Waals surface area (Å²) in [5.41, 5.74) is 0.480. The smallest absolute Gasteiger partial charge is 0.264 e. The number of nitrogens with one attached hydrogen (secondary N) is 1. The Labute approximate surface area is 189 Å². The summed E-state index contributed by atoms with van der Waals surface area (Å²) in [4.78, 5) is 27.2. The molecule has 1 unspecified atom stereocenters. The van der Waals surface area contributed by atoms with Gasteiger partial charge in [-0.3, -0.25) is 14.7 Å². The number of aromatic hydroxyl groups is 1. The predicted molar refractivity (Wildman–Crippen MR) is 121 cm³/mol. The second kappa shape index (κ2) is 9.37. The van der Waals surface area contributed by atoms with Gasteiger partial charge in [0.1, 0.15) is 5.75 Å². The predicted octanol–water partition coefficient (Wildman–Crippen LogP) is 2.63. The van der Waals surface area contributed by atoms with Crippen LogP contribution in [0.5, 0.6) is 5.75 Å². The maximum atomic E-state index is 12.5. The van der Waals surface area contributed by atoms with Crippen molar-refractivity contribution >= 4 is 40.0 Å². The Bertz CT molecular complexity index is 1220. The third kappa shape index (κ3) is 5.24. The van der Waals surface area contributed by atoms with Crippen LogP contribution in [0.15, 0.2) is 81.8 Å². The van der Waals surface area contributed by atoms with Gasteiger partial charge in [-0.15, -0.1) is 11.8 Å². The molecule has 2 N–H and O–H groups in total. The summed E-state index contributed by atoms with van der Waals surface area (Å²) < 4.78 is 27.2. The highest BCUT2D eigenvalue weighted by molar-refractivity contribution is 7.99. The van der Waals surface area contributed by atoms with Gasteiger partial charge in [0.2, 0.25) is 5.95 Å². The van der Waals surface area contributed by atoms with Crippen LogP contribution in [0.4, 0.5) is 5.95 Å². The minimum Gasteiger partial charge on any atom is -0.508 e. The number of phenolic OH excluding ortho intramolecular Hbond substituents is 1. The van der Waals surface area contributed by atoms with Crippen LogP contribution in [0.2, 0.25) is 0 Å². The minimum absolute atomic E-state index is 0.0106. The average Bonchev–Trinajstić information content (AvgIpc) is 3.27. The first-order chi connectivity index (χ1) is 15.4. The molecule has 0 saturated carbocycles. The Morgan fingerprint density at radius 1 is 1.09 bits per heavy atom. The fourth-order valence-corrected chi connectivity index (χ4v) is 4.80. The zero-order valence-corrected chi connectivity index (χ0v) is 18.3. The van der Waals surface area contributed by atoms with Crippen molar-refractivity contribution in [3.63, 3.8) is 0 Å². The third-order valence-corrected chi connectivity index (χ3v) is 7.07. The molecule has 0 radical (unpaired) electrons. The fraction of sp³-hybridized carbons (Fsp3) is 0.143. The van der Waals surface area contributed by atoms with E-state index in [1.54, 1.807) is 35.2 Å². The van der Waals surface area contributed by atoms with E-state index in [0.717, 1.165) is 4.90 Å². The summed E-state index contributed by atoms with van der Waals surface area (Å²) in [6.45, 7) is 0.459. The standard InChI is InChI=1S/C21H19N5O4S2/c27-17-4-2-15(3-5-17)20(28)26-12-16(24-14-26)13-31-18-6-8-19(9-7-18)32(29,30)25-21-22-10-1-11-23-21/h1-11,14,16,27H,12-13H2,(H,22,23,25). The number of thioether (sulfide) groups is 1.